The molecule has 0 spiro atoms. The highest BCUT2D eigenvalue weighted by Crippen LogP contribution is 2.15. The maximum Gasteiger partial charge on any atom is 0.317 e. The Labute approximate surface area is 127 Å². The van der Waals surface area contributed by atoms with Gasteiger partial charge in [0.25, 0.3) is 0 Å². The zero-order valence-corrected chi connectivity index (χ0v) is 13.2. The molecular weight excluding hydrogens is 266 g/mol. The third kappa shape index (κ3) is 7.11. The van der Waals surface area contributed by atoms with Gasteiger partial charge >= 0.3 is 6.03 Å². The standard InChI is InChI=1S/C16H27N3O2/c1-18(2)12-7-11-17-16(21)19(3)13-10-15(20)14-8-5-4-6-9-14/h4-6,8-9,15,20H,7,10-13H2,1-3H3,(H,17,21). The fourth-order valence-electron chi connectivity index (χ4n) is 1.98. The number of urea groups is 1. The number of nitrogens with zero attached hydrogens (tertiary/aromatic N) is 2. The Morgan fingerprint density at radius 1 is 1.19 bits per heavy atom. The highest BCUT2D eigenvalue weighted by Gasteiger charge is 2.12. The average molecular weight is 293 g/mol. The van der Waals surface area contributed by atoms with Crippen LogP contribution in [0.5, 0.6) is 0 Å². The Morgan fingerprint density at radius 3 is 2.48 bits per heavy atom. The summed E-state index contributed by atoms with van der Waals surface area (Å²) >= 11 is 0. The van der Waals surface area contributed by atoms with E-state index < -0.39 is 6.10 Å². The lowest BCUT2D eigenvalue weighted by molar-refractivity contribution is 0.150. The summed E-state index contributed by atoms with van der Waals surface area (Å²) in [4.78, 5) is 15.6. The fraction of sp³-hybridized carbons (Fsp3) is 0.562. The van der Waals surface area contributed by atoms with Gasteiger partial charge in [0.05, 0.1) is 6.10 Å². The topological polar surface area (TPSA) is 55.8 Å². The molecule has 118 valence electrons. The molecule has 1 aromatic carbocycles. The van der Waals surface area contributed by atoms with E-state index in [1.807, 2.05) is 44.4 Å². The molecule has 0 fully saturated rings. The molecule has 0 heterocycles. The van der Waals surface area contributed by atoms with Gasteiger partial charge < -0.3 is 20.2 Å². The van der Waals surface area contributed by atoms with Gasteiger partial charge in [0.15, 0.2) is 0 Å². The van der Waals surface area contributed by atoms with Crippen molar-refractivity contribution in [2.24, 2.45) is 0 Å². The second-order valence-corrected chi connectivity index (χ2v) is 5.53. The van der Waals surface area contributed by atoms with Crippen LogP contribution in [-0.2, 0) is 0 Å². The summed E-state index contributed by atoms with van der Waals surface area (Å²) in [6.45, 7) is 2.15. The van der Waals surface area contributed by atoms with Crippen LogP contribution >= 0.6 is 0 Å². The lowest BCUT2D eigenvalue weighted by atomic mass is 10.1. The summed E-state index contributed by atoms with van der Waals surface area (Å²) in [5, 5.41) is 12.9. The molecule has 0 radical (unpaired) electrons. The SMILES string of the molecule is CN(C)CCCNC(=O)N(C)CCC(O)c1ccccc1. The summed E-state index contributed by atoms with van der Waals surface area (Å²) in [6, 6.07) is 9.43. The first-order chi connectivity index (χ1) is 10.0. The molecule has 0 aliphatic rings. The number of aliphatic hydroxyl groups excluding tert-OH is 1. The first kappa shape index (κ1) is 17.5. The monoisotopic (exact) mass is 293 g/mol. The molecule has 2 N–H and O–H groups in total. The van der Waals surface area contributed by atoms with Crippen LogP contribution in [-0.4, -0.2) is 61.7 Å². The average Bonchev–Trinajstić information content (AvgIpc) is 2.49. The lowest BCUT2D eigenvalue weighted by Crippen LogP contribution is -2.39. The van der Waals surface area contributed by atoms with E-state index in [-0.39, 0.29) is 6.03 Å². The molecule has 0 aliphatic heterocycles. The summed E-state index contributed by atoms with van der Waals surface area (Å²) in [7, 11) is 5.77. The number of carbonyl (C=O) groups excluding carboxylic acids is 1. The Bertz CT molecular complexity index is 409. The zero-order valence-electron chi connectivity index (χ0n) is 13.2. The normalized spacial score (nSPS) is 12.2. The highest BCUT2D eigenvalue weighted by atomic mass is 16.3. The van der Waals surface area contributed by atoms with Crippen LogP contribution in [0.15, 0.2) is 30.3 Å². The van der Waals surface area contributed by atoms with E-state index in [9.17, 15) is 9.90 Å². The number of hydrogen-bond acceptors (Lipinski definition) is 3. The third-order valence-corrected chi connectivity index (χ3v) is 3.33. The Balaban J connectivity index is 2.23. The molecule has 0 saturated carbocycles. The minimum atomic E-state index is -0.532. The molecule has 1 atom stereocenters. The molecular formula is C16H27N3O2. The third-order valence-electron chi connectivity index (χ3n) is 3.33. The molecule has 5 nitrogen and oxygen atoms in total. The molecule has 1 aromatic rings. The van der Waals surface area contributed by atoms with E-state index in [1.54, 1.807) is 11.9 Å². The number of hydrogen-bond donors (Lipinski definition) is 2. The molecule has 0 bridgehead atoms. The van der Waals surface area contributed by atoms with Crippen LogP contribution in [0.25, 0.3) is 0 Å². The first-order valence-corrected chi connectivity index (χ1v) is 7.37. The van der Waals surface area contributed by atoms with Crippen molar-refractivity contribution in [1.29, 1.82) is 0 Å². The predicted octanol–water partition coefficient (Wildman–Crippen LogP) is 1.70. The minimum absolute atomic E-state index is 0.0889. The quantitative estimate of drug-likeness (QED) is 0.717. The van der Waals surface area contributed by atoms with Crippen molar-refractivity contribution in [2.45, 2.75) is 18.9 Å². The molecule has 0 saturated heterocycles. The largest absolute Gasteiger partial charge is 0.388 e. The number of aliphatic hydroxyl groups is 1. The minimum Gasteiger partial charge on any atom is -0.388 e. The van der Waals surface area contributed by atoms with Crippen LogP contribution in [0.4, 0.5) is 4.79 Å². The van der Waals surface area contributed by atoms with Crippen molar-refractivity contribution < 1.29 is 9.90 Å². The second-order valence-electron chi connectivity index (χ2n) is 5.53. The lowest BCUT2D eigenvalue weighted by Gasteiger charge is -2.20. The number of carbonyl (C=O) groups is 1. The van der Waals surface area contributed by atoms with Gasteiger partial charge in [-0.1, -0.05) is 30.3 Å². The molecule has 0 aliphatic carbocycles. The van der Waals surface area contributed by atoms with Gasteiger partial charge in [-0.3, -0.25) is 0 Å². The van der Waals surface area contributed by atoms with Crippen molar-refractivity contribution in [2.75, 3.05) is 40.8 Å². The maximum atomic E-state index is 11.9. The van der Waals surface area contributed by atoms with E-state index >= 15 is 0 Å². The van der Waals surface area contributed by atoms with Crippen LogP contribution in [0, 0.1) is 0 Å². The summed E-state index contributed by atoms with van der Waals surface area (Å²) in [5.41, 5.74) is 0.886. The van der Waals surface area contributed by atoms with Gasteiger partial charge in [0.1, 0.15) is 0 Å². The van der Waals surface area contributed by atoms with Crippen LogP contribution < -0.4 is 5.32 Å². The molecule has 21 heavy (non-hydrogen) atoms. The second kappa shape index (κ2) is 9.37. The van der Waals surface area contributed by atoms with Gasteiger partial charge in [-0.05, 0) is 39.0 Å². The highest BCUT2D eigenvalue weighted by molar-refractivity contribution is 5.73. The van der Waals surface area contributed by atoms with E-state index in [4.69, 9.17) is 0 Å². The zero-order chi connectivity index (χ0) is 15.7. The number of benzene rings is 1. The van der Waals surface area contributed by atoms with Gasteiger partial charge in [-0.15, -0.1) is 0 Å². The van der Waals surface area contributed by atoms with Gasteiger partial charge in [-0.2, -0.15) is 0 Å². The van der Waals surface area contributed by atoms with Crippen LogP contribution in [0.3, 0.4) is 0 Å². The molecule has 5 heteroatoms. The van der Waals surface area contributed by atoms with Crippen molar-refractivity contribution in [3.8, 4) is 0 Å². The molecule has 1 rings (SSSR count). The van der Waals surface area contributed by atoms with Crippen molar-refractivity contribution >= 4 is 6.03 Å². The van der Waals surface area contributed by atoms with E-state index in [0.29, 0.717) is 19.5 Å². The van der Waals surface area contributed by atoms with Crippen LogP contribution in [0.1, 0.15) is 24.5 Å². The van der Waals surface area contributed by atoms with Crippen molar-refractivity contribution in [3.63, 3.8) is 0 Å². The van der Waals surface area contributed by atoms with Crippen molar-refractivity contribution in [1.82, 2.24) is 15.1 Å². The maximum absolute atomic E-state index is 11.9. The molecule has 1 unspecified atom stereocenters. The van der Waals surface area contributed by atoms with Crippen LogP contribution in [0.2, 0.25) is 0 Å². The number of rotatable bonds is 8. The number of nitrogens with one attached hydrogen (secondary N) is 1. The number of amides is 2. The Morgan fingerprint density at radius 2 is 1.86 bits per heavy atom. The summed E-state index contributed by atoms with van der Waals surface area (Å²) < 4.78 is 0. The predicted molar refractivity (Wildman–Crippen MR) is 85.2 cm³/mol. The first-order valence-electron chi connectivity index (χ1n) is 7.37. The summed E-state index contributed by atoms with van der Waals surface area (Å²) in [6.07, 6.45) is 0.931. The summed E-state index contributed by atoms with van der Waals surface area (Å²) in [5.74, 6) is 0. The Hall–Kier alpha value is -1.59. The van der Waals surface area contributed by atoms with Gasteiger partial charge in [-0.25, -0.2) is 4.79 Å². The molecule has 2 amide bonds. The van der Waals surface area contributed by atoms with E-state index in [0.717, 1.165) is 18.5 Å². The van der Waals surface area contributed by atoms with E-state index in [1.165, 1.54) is 0 Å². The van der Waals surface area contributed by atoms with E-state index in [2.05, 4.69) is 10.2 Å². The van der Waals surface area contributed by atoms with Gasteiger partial charge in [0.2, 0.25) is 0 Å². The van der Waals surface area contributed by atoms with Crippen molar-refractivity contribution in [3.05, 3.63) is 35.9 Å². The Kier molecular flexibility index (Phi) is 7.79. The fourth-order valence-corrected chi connectivity index (χ4v) is 1.98. The van der Waals surface area contributed by atoms with Gasteiger partial charge in [0, 0.05) is 20.1 Å². The molecule has 0 aromatic heterocycles. The smallest absolute Gasteiger partial charge is 0.317 e.